The fraction of sp³-hybridized carbons (Fsp3) is 0.375. The third-order valence-corrected chi connectivity index (χ3v) is 5.92. The summed E-state index contributed by atoms with van der Waals surface area (Å²) in [4.78, 5) is 2.33. The van der Waals surface area contributed by atoms with E-state index in [0.29, 0.717) is 32.8 Å². The molecular weight excluding hydrogens is 392 g/mol. The second-order valence-corrected chi connectivity index (χ2v) is 8.17. The molecule has 2 aliphatic heterocycles. The van der Waals surface area contributed by atoms with Gasteiger partial charge in [-0.3, -0.25) is 10.00 Å². The summed E-state index contributed by atoms with van der Waals surface area (Å²) in [6, 6.07) is 14.5. The lowest BCUT2D eigenvalue weighted by Gasteiger charge is -2.30. The summed E-state index contributed by atoms with van der Waals surface area (Å²) in [5, 5.41) is 21.2. The zero-order chi connectivity index (χ0) is 21.0. The van der Waals surface area contributed by atoms with Crippen molar-refractivity contribution in [2.75, 3.05) is 32.8 Å². The van der Waals surface area contributed by atoms with E-state index in [0.717, 1.165) is 47.8 Å². The first-order valence-corrected chi connectivity index (χ1v) is 10.9. The van der Waals surface area contributed by atoms with E-state index >= 15 is 0 Å². The van der Waals surface area contributed by atoms with Crippen LogP contribution < -0.4 is 14.8 Å². The molecule has 0 bridgehead atoms. The molecule has 2 aromatic carbocycles. The Bertz CT molecular complexity index is 1040. The highest BCUT2D eigenvalue weighted by Crippen LogP contribution is 2.34. The second-order valence-electron chi connectivity index (χ2n) is 8.17. The van der Waals surface area contributed by atoms with Crippen molar-refractivity contribution in [2.24, 2.45) is 0 Å². The van der Waals surface area contributed by atoms with E-state index in [1.165, 1.54) is 11.1 Å². The molecule has 2 aliphatic rings. The van der Waals surface area contributed by atoms with Crippen LogP contribution in [0.3, 0.4) is 0 Å². The number of hydrogen-bond donors (Lipinski definition) is 3. The lowest BCUT2D eigenvalue weighted by Crippen LogP contribution is -2.40. The van der Waals surface area contributed by atoms with Gasteiger partial charge in [-0.2, -0.15) is 5.10 Å². The van der Waals surface area contributed by atoms with Crippen LogP contribution in [0.15, 0.2) is 48.7 Å². The van der Waals surface area contributed by atoms with Crippen LogP contribution in [0.5, 0.6) is 11.5 Å². The molecule has 1 atom stereocenters. The smallest absolute Gasteiger partial charge is 0.162 e. The number of aromatic amines is 1. The van der Waals surface area contributed by atoms with Crippen LogP contribution in [-0.4, -0.2) is 59.2 Å². The maximum absolute atomic E-state index is 10.5. The van der Waals surface area contributed by atoms with Crippen LogP contribution in [-0.2, 0) is 19.5 Å². The van der Waals surface area contributed by atoms with Gasteiger partial charge < -0.3 is 19.9 Å². The largest absolute Gasteiger partial charge is 0.486 e. The lowest BCUT2D eigenvalue weighted by atomic mass is 10.00. The van der Waals surface area contributed by atoms with Crippen molar-refractivity contribution < 1.29 is 14.6 Å². The number of H-pyrrole nitrogens is 1. The van der Waals surface area contributed by atoms with Crippen LogP contribution in [0, 0.1) is 0 Å². The molecule has 3 aromatic rings. The van der Waals surface area contributed by atoms with Gasteiger partial charge in [-0.05, 0) is 35.7 Å². The minimum absolute atomic E-state index is 0.421. The number of hydrogen-bond acceptors (Lipinski definition) is 6. The first-order valence-electron chi connectivity index (χ1n) is 10.9. The number of rotatable bonds is 7. The van der Waals surface area contributed by atoms with E-state index in [4.69, 9.17) is 9.47 Å². The highest BCUT2D eigenvalue weighted by atomic mass is 16.6. The van der Waals surface area contributed by atoms with Crippen LogP contribution in [0.2, 0.25) is 0 Å². The Labute approximate surface area is 182 Å². The zero-order valence-electron chi connectivity index (χ0n) is 17.5. The highest BCUT2D eigenvalue weighted by Gasteiger charge is 2.19. The number of ether oxygens (including phenoxy) is 2. The van der Waals surface area contributed by atoms with Crippen molar-refractivity contribution >= 4 is 0 Å². The number of benzene rings is 2. The summed E-state index contributed by atoms with van der Waals surface area (Å²) in [5.74, 6) is 1.54. The standard InChI is InChI=1S/C24H28N4O3/c29-21(16-28-8-7-17-3-1-2-4-19(17)15-28)14-25-12-20-13-26-27-24(20)18-5-6-22-23(11-18)31-10-9-30-22/h1-6,11,13,21,25,29H,7-10,12,14-16H2,(H,26,27). The number of nitrogens with zero attached hydrogens (tertiary/aromatic N) is 2. The second kappa shape index (κ2) is 9.09. The maximum Gasteiger partial charge on any atom is 0.162 e. The van der Waals surface area contributed by atoms with Gasteiger partial charge in [0, 0.05) is 43.9 Å². The van der Waals surface area contributed by atoms with E-state index in [2.05, 4.69) is 44.7 Å². The lowest BCUT2D eigenvalue weighted by molar-refractivity contribution is 0.104. The van der Waals surface area contributed by atoms with Gasteiger partial charge in [0.1, 0.15) is 13.2 Å². The Kier molecular flexibility index (Phi) is 5.88. The summed E-state index contributed by atoms with van der Waals surface area (Å²) in [5.41, 5.74) is 5.81. The van der Waals surface area contributed by atoms with Gasteiger partial charge in [-0.1, -0.05) is 24.3 Å². The van der Waals surface area contributed by atoms with E-state index in [9.17, 15) is 5.11 Å². The first kappa shape index (κ1) is 20.1. The maximum atomic E-state index is 10.5. The number of nitrogens with one attached hydrogen (secondary N) is 2. The molecule has 1 unspecified atom stereocenters. The molecule has 0 amide bonds. The van der Waals surface area contributed by atoms with E-state index in [1.807, 2.05) is 24.4 Å². The molecule has 162 valence electrons. The van der Waals surface area contributed by atoms with E-state index in [1.54, 1.807) is 0 Å². The minimum atomic E-state index is -0.421. The van der Waals surface area contributed by atoms with Crippen molar-refractivity contribution in [1.82, 2.24) is 20.4 Å². The quantitative estimate of drug-likeness (QED) is 0.544. The Morgan fingerprint density at radius 3 is 2.84 bits per heavy atom. The normalized spacial score (nSPS) is 16.7. The Morgan fingerprint density at radius 2 is 1.94 bits per heavy atom. The van der Waals surface area contributed by atoms with Crippen LogP contribution >= 0.6 is 0 Å². The summed E-state index contributed by atoms with van der Waals surface area (Å²) in [6.07, 6.45) is 2.45. The molecule has 0 saturated carbocycles. The molecule has 3 N–H and O–H groups in total. The predicted octanol–water partition coefficient (Wildman–Crippen LogP) is 2.36. The summed E-state index contributed by atoms with van der Waals surface area (Å²) in [6.45, 7) is 4.87. The highest BCUT2D eigenvalue weighted by molar-refractivity contribution is 5.66. The molecule has 0 radical (unpaired) electrons. The zero-order valence-corrected chi connectivity index (χ0v) is 17.5. The molecule has 0 saturated heterocycles. The van der Waals surface area contributed by atoms with Gasteiger partial charge >= 0.3 is 0 Å². The van der Waals surface area contributed by atoms with Crippen LogP contribution in [0.4, 0.5) is 0 Å². The summed E-state index contributed by atoms with van der Waals surface area (Å²) >= 11 is 0. The van der Waals surface area contributed by atoms with Gasteiger partial charge in [0.25, 0.3) is 0 Å². The fourth-order valence-corrected chi connectivity index (χ4v) is 4.34. The van der Waals surface area contributed by atoms with E-state index < -0.39 is 6.10 Å². The molecular formula is C24H28N4O3. The number of aliphatic hydroxyl groups is 1. The number of fused-ring (bicyclic) bond motifs is 2. The van der Waals surface area contributed by atoms with Gasteiger partial charge in [0.05, 0.1) is 18.0 Å². The molecule has 5 rings (SSSR count). The molecule has 7 heteroatoms. The van der Waals surface area contributed by atoms with Crippen molar-refractivity contribution in [3.05, 3.63) is 65.4 Å². The monoisotopic (exact) mass is 420 g/mol. The molecule has 7 nitrogen and oxygen atoms in total. The number of β-amino-alcohol motifs (C(OH)–C–C–N with tert-alkyl or cyclic N) is 1. The Morgan fingerprint density at radius 1 is 1.10 bits per heavy atom. The van der Waals surface area contributed by atoms with Crippen LogP contribution in [0.1, 0.15) is 16.7 Å². The Balaban J connectivity index is 1.14. The SMILES string of the molecule is OC(CNCc1cn[nH]c1-c1ccc2c(c1)OCCO2)CN1CCc2ccccc2C1. The molecule has 31 heavy (non-hydrogen) atoms. The van der Waals surface area contributed by atoms with Gasteiger partial charge in [0.15, 0.2) is 11.5 Å². The van der Waals surface area contributed by atoms with Crippen molar-refractivity contribution in [3.8, 4) is 22.8 Å². The third kappa shape index (κ3) is 4.58. The number of aliphatic hydroxyl groups excluding tert-OH is 1. The predicted molar refractivity (Wildman–Crippen MR) is 118 cm³/mol. The van der Waals surface area contributed by atoms with Gasteiger partial charge in [-0.15, -0.1) is 0 Å². The molecule has 0 fully saturated rings. The minimum Gasteiger partial charge on any atom is -0.486 e. The van der Waals surface area contributed by atoms with Gasteiger partial charge in [-0.25, -0.2) is 0 Å². The topological polar surface area (TPSA) is 82.6 Å². The molecule has 3 heterocycles. The molecule has 0 aliphatic carbocycles. The molecule has 1 aromatic heterocycles. The van der Waals surface area contributed by atoms with Crippen molar-refractivity contribution in [3.63, 3.8) is 0 Å². The van der Waals surface area contributed by atoms with Crippen LogP contribution in [0.25, 0.3) is 11.3 Å². The summed E-state index contributed by atoms with van der Waals surface area (Å²) < 4.78 is 11.3. The average Bonchev–Trinajstić information content (AvgIpc) is 3.27. The van der Waals surface area contributed by atoms with E-state index in [-0.39, 0.29) is 0 Å². The summed E-state index contributed by atoms with van der Waals surface area (Å²) in [7, 11) is 0. The Hall–Kier alpha value is -2.87. The first-order chi connectivity index (χ1) is 15.3. The third-order valence-electron chi connectivity index (χ3n) is 5.92. The molecule has 0 spiro atoms. The van der Waals surface area contributed by atoms with Gasteiger partial charge in [0.2, 0.25) is 0 Å². The fourth-order valence-electron chi connectivity index (χ4n) is 4.34. The van der Waals surface area contributed by atoms with Crippen molar-refractivity contribution in [2.45, 2.75) is 25.6 Å². The average molecular weight is 421 g/mol. The van der Waals surface area contributed by atoms with Crippen molar-refractivity contribution in [1.29, 1.82) is 0 Å². The number of aromatic nitrogens is 2.